The van der Waals surface area contributed by atoms with Gasteiger partial charge < -0.3 is 10.8 Å². The van der Waals surface area contributed by atoms with Gasteiger partial charge in [-0.05, 0) is 19.8 Å². The number of nitrogens with two attached hydrogens (primary N) is 1. The van der Waals surface area contributed by atoms with Gasteiger partial charge in [-0.25, -0.2) is 4.79 Å². The predicted molar refractivity (Wildman–Crippen MR) is 54.0 cm³/mol. The van der Waals surface area contributed by atoms with Gasteiger partial charge in [-0.15, -0.1) is 0 Å². The lowest BCUT2D eigenvalue weighted by Crippen LogP contribution is -2.47. The fraction of sp³-hybridized carbons (Fsp3) is 0.778. The maximum Gasteiger partial charge on any atom is 0.318 e. The molecule has 86 valence electrons. The van der Waals surface area contributed by atoms with Crippen molar-refractivity contribution >= 4 is 11.9 Å². The molecule has 0 radical (unpaired) electrons. The van der Waals surface area contributed by atoms with Gasteiger partial charge in [0.25, 0.3) is 0 Å². The number of primary amides is 1. The van der Waals surface area contributed by atoms with E-state index in [9.17, 15) is 14.7 Å². The van der Waals surface area contributed by atoms with E-state index < -0.39 is 17.5 Å². The van der Waals surface area contributed by atoms with Crippen molar-refractivity contribution < 1.29 is 14.7 Å². The van der Waals surface area contributed by atoms with Crippen molar-refractivity contribution in [1.82, 2.24) is 10.2 Å². The van der Waals surface area contributed by atoms with Crippen LogP contribution in [-0.4, -0.2) is 47.2 Å². The maximum atomic E-state index is 11.2. The van der Waals surface area contributed by atoms with Crippen LogP contribution in [0.3, 0.4) is 0 Å². The predicted octanol–water partition coefficient (Wildman–Crippen LogP) is -0.972. The van der Waals surface area contributed by atoms with Gasteiger partial charge >= 0.3 is 6.03 Å². The highest BCUT2D eigenvalue weighted by Gasteiger charge is 2.28. The van der Waals surface area contributed by atoms with Gasteiger partial charge in [-0.1, -0.05) is 0 Å². The SMILES string of the molecule is CC1(O)CCN(CC(=O)NC(N)=O)CC1. The standard InChI is InChI=1S/C9H17N3O3/c1-9(15)2-4-12(5-3-9)6-7(13)11-8(10)14/h15H,2-6H2,1H3,(H3,10,11,13,14). The zero-order valence-electron chi connectivity index (χ0n) is 8.82. The largest absolute Gasteiger partial charge is 0.390 e. The molecule has 1 aliphatic rings. The zero-order chi connectivity index (χ0) is 11.5. The lowest BCUT2D eigenvalue weighted by molar-refractivity contribution is -0.122. The number of hydrogen-bond acceptors (Lipinski definition) is 4. The molecule has 0 atom stereocenters. The molecular formula is C9H17N3O3. The van der Waals surface area contributed by atoms with Gasteiger partial charge in [-0.3, -0.25) is 15.0 Å². The van der Waals surface area contributed by atoms with Crippen LogP contribution in [0.4, 0.5) is 4.79 Å². The summed E-state index contributed by atoms with van der Waals surface area (Å²) in [5.41, 5.74) is 4.18. The molecule has 1 heterocycles. The molecule has 4 N–H and O–H groups in total. The van der Waals surface area contributed by atoms with Crippen LogP contribution in [0, 0.1) is 0 Å². The van der Waals surface area contributed by atoms with E-state index in [0.29, 0.717) is 25.9 Å². The number of rotatable bonds is 2. The molecule has 3 amide bonds. The molecule has 1 aliphatic heterocycles. The number of amides is 3. The number of likely N-dealkylation sites (tertiary alicyclic amines) is 1. The van der Waals surface area contributed by atoms with E-state index in [0.717, 1.165) is 0 Å². The van der Waals surface area contributed by atoms with E-state index in [-0.39, 0.29) is 6.54 Å². The number of imide groups is 1. The maximum absolute atomic E-state index is 11.2. The van der Waals surface area contributed by atoms with Gasteiger partial charge in [0.2, 0.25) is 5.91 Å². The van der Waals surface area contributed by atoms with Crippen molar-refractivity contribution in [2.45, 2.75) is 25.4 Å². The van der Waals surface area contributed by atoms with Gasteiger partial charge in [-0.2, -0.15) is 0 Å². The normalized spacial score (nSPS) is 20.9. The van der Waals surface area contributed by atoms with E-state index in [2.05, 4.69) is 0 Å². The van der Waals surface area contributed by atoms with Crippen LogP contribution in [0.1, 0.15) is 19.8 Å². The molecule has 6 nitrogen and oxygen atoms in total. The van der Waals surface area contributed by atoms with Crippen molar-refractivity contribution in [2.75, 3.05) is 19.6 Å². The fourth-order valence-corrected chi connectivity index (χ4v) is 1.57. The second-order valence-electron chi connectivity index (χ2n) is 4.19. The second kappa shape index (κ2) is 4.59. The summed E-state index contributed by atoms with van der Waals surface area (Å²) in [4.78, 5) is 23.4. The summed E-state index contributed by atoms with van der Waals surface area (Å²) in [6, 6.07) is -0.830. The Hall–Kier alpha value is -1.14. The fourth-order valence-electron chi connectivity index (χ4n) is 1.57. The molecule has 0 saturated carbocycles. The Morgan fingerprint density at radius 3 is 2.47 bits per heavy atom. The minimum Gasteiger partial charge on any atom is -0.390 e. The van der Waals surface area contributed by atoms with Gasteiger partial charge in [0, 0.05) is 13.1 Å². The first kappa shape index (κ1) is 11.9. The highest BCUT2D eigenvalue weighted by Crippen LogP contribution is 2.20. The topological polar surface area (TPSA) is 95.7 Å². The van der Waals surface area contributed by atoms with E-state index in [1.807, 2.05) is 10.2 Å². The first-order valence-electron chi connectivity index (χ1n) is 4.93. The quantitative estimate of drug-likeness (QED) is 0.552. The van der Waals surface area contributed by atoms with Crippen molar-refractivity contribution in [2.24, 2.45) is 5.73 Å². The van der Waals surface area contributed by atoms with Gasteiger partial charge in [0.05, 0.1) is 12.1 Å². The number of nitrogens with zero attached hydrogens (tertiary/aromatic N) is 1. The summed E-state index contributed by atoms with van der Waals surface area (Å²) in [5.74, 6) is -0.399. The highest BCUT2D eigenvalue weighted by molar-refractivity contribution is 5.94. The van der Waals surface area contributed by atoms with Crippen molar-refractivity contribution in [3.05, 3.63) is 0 Å². The number of carbonyl (C=O) groups excluding carboxylic acids is 2. The Morgan fingerprint density at radius 1 is 1.47 bits per heavy atom. The summed E-state index contributed by atoms with van der Waals surface area (Å²) in [7, 11) is 0. The number of piperidine rings is 1. The molecule has 0 spiro atoms. The van der Waals surface area contributed by atoms with Crippen LogP contribution in [0.25, 0.3) is 0 Å². The molecule has 15 heavy (non-hydrogen) atoms. The van der Waals surface area contributed by atoms with Crippen molar-refractivity contribution in [3.8, 4) is 0 Å². The van der Waals surface area contributed by atoms with Crippen molar-refractivity contribution in [3.63, 3.8) is 0 Å². The lowest BCUT2D eigenvalue weighted by Gasteiger charge is -2.35. The molecule has 0 aromatic heterocycles. The first-order chi connectivity index (χ1) is 6.89. The summed E-state index contributed by atoms with van der Waals surface area (Å²) in [6.07, 6.45) is 1.27. The van der Waals surface area contributed by atoms with Crippen LogP contribution in [0.15, 0.2) is 0 Å². The second-order valence-corrected chi connectivity index (χ2v) is 4.19. The van der Waals surface area contributed by atoms with E-state index >= 15 is 0 Å². The van der Waals surface area contributed by atoms with Crippen molar-refractivity contribution in [1.29, 1.82) is 0 Å². The van der Waals surface area contributed by atoms with Gasteiger partial charge in [0.15, 0.2) is 0 Å². The van der Waals surface area contributed by atoms with Crippen LogP contribution >= 0.6 is 0 Å². The molecule has 1 saturated heterocycles. The Kier molecular flexibility index (Phi) is 3.65. The van der Waals surface area contributed by atoms with Crippen LogP contribution in [-0.2, 0) is 4.79 Å². The Labute approximate surface area is 88.4 Å². The number of hydrogen-bond donors (Lipinski definition) is 3. The molecule has 1 rings (SSSR count). The molecule has 0 unspecified atom stereocenters. The Balaban J connectivity index is 2.29. The molecular weight excluding hydrogens is 198 g/mol. The van der Waals surface area contributed by atoms with E-state index in [4.69, 9.17) is 5.73 Å². The van der Waals surface area contributed by atoms with E-state index in [1.54, 1.807) is 6.92 Å². The summed E-state index contributed by atoms with van der Waals surface area (Å²) >= 11 is 0. The number of carbonyl (C=O) groups is 2. The van der Waals surface area contributed by atoms with E-state index in [1.165, 1.54) is 0 Å². The van der Waals surface area contributed by atoms with Crippen LogP contribution in [0.5, 0.6) is 0 Å². The summed E-state index contributed by atoms with van der Waals surface area (Å²) < 4.78 is 0. The summed E-state index contributed by atoms with van der Waals surface area (Å²) in [6.45, 7) is 3.24. The monoisotopic (exact) mass is 215 g/mol. The number of urea groups is 1. The Bertz CT molecular complexity index is 255. The summed E-state index contributed by atoms with van der Waals surface area (Å²) in [5, 5.41) is 11.7. The molecule has 0 aromatic rings. The van der Waals surface area contributed by atoms with Crippen LogP contribution in [0.2, 0.25) is 0 Å². The van der Waals surface area contributed by atoms with Gasteiger partial charge in [0.1, 0.15) is 0 Å². The third-order valence-corrected chi connectivity index (χ3v) is 2.56. The molecule has 1 fully saturated rings. The molecule has 0 aliphatic carbocycles. The number of nitrogens with one attached hydrogen (secondary N) is 1. The average Bonchev–Trinajstić information content (AvgIpc) is 2.07. The molecule has 0 aromatic carbocycles. The molecule has 0 bridgehead atoms. The Morgan fingerprint density at radius 2 is 2.00 bits per heavy atom. The number of aliphatic hydroxyl groups is 1. The first-order valence-corrected chi connectivity index (χ1v) is 4.93. The minimum atomic E-state index is -0.830. The van der Waals surface area contributed by atoms with Crippen LogP contribution < -0.4 is 11.1 Å². The highest BCUT2D eigenvalue weighted by atomic mass is 16.3. The third kappa shape index (κ3) is 4.26. The zero-order valence-corrected chi connectivity index (χ0v) is 8.82. The minimum absolute atomic E-state index is 0.152. The average molecular weight is 215 g/mol. The lowest BCUT2D eigenvalue weighted by atomic mass is 9.94. The third-order valence-electron chi connectivity index (χ3n) is 2.56. The smallest absolute Gasteiger partial charge is 0.318 e. The molecule has 6 heteroatoms.